The zero-order valence-corrected chi connectivity index (χ0v) is 15.8. The van der Waals surface area contributed by atoms with Gasteiger partial charge in [-0.2, -0.15) is 0 Å². The van der Waals surface area contributed by atoms with Gasteiger partial charge in [0, 0.05) is 43.2 Å². The number of aliphatic hydroxyl groups is 1. The van der Waals surface area contributed by atoms with Crippen molar-refractivity contribution in [2.24, 2.45) is 4.99 Å². The van der Waals surface area contributed by atoms with E-state index in [1.54, 1.807) is 30.3 Å². The van der Waals surface area contributed by atoms with E-state index in [4.69, 9.17) is 0 Å². The molecule has 2 aromatic rings. The smallest absolute Gasteiger partial charge is 0.223 e. The average Bonchev–Trinajstić information content (AvgIpc) is 3.03. The first kappa shape index (κ1) is 19.2. The second-order valence-electron chi connectivity index (χ2n) is 5.89. The zero-order valence-electron chi connectivity index (χ0n) is 15.0. The Labute approximate surface area is 152 Å². The van der Waals surface area contributed by atoms with Gasteiger partial charge in [-0.25, -0.2) is 0 Å². The van der Waals surface area contributed by atoms with Crippen molar-refractivity contribution in [1.29, 1.82) is 0 Å². The number of carbonyl (C=O) groups excluding carboxylic acids is 1. The largest absolute Gasteiger partial charge is 0.386 e. The normalized spacial score (nSPS) is 12.9. The lowest BCUT2D eigenvalue weighted by atomic mass is 10.2. The topological polar surface area (TPSA) is 77.0 Å². The van der Waals surface area contributed by atoms with Crippen LogP contribution in [0.3, 0.4) is 0 Å². The summed E-state index contributed by atoms with van der Waals surface area (Å²) in [6.45, 7) is 3.46. The van der Waals surface area contributed by atoms with Crippen molar-refractivity contribution < 1.29 is 9.90 Å². The van der Waals surface area contributed by atoms with Gasteiger partial charge in [-0.1, -0.05) is 18.2 Å². The molecule has 1 aromatic carbocycles. The number of nitrogens with one attached hydrogen (secondary N) is 2. The lowest BCUT2D eigenvalue weighted by Crippen LogP contribution is -2.39. The Balaban J connectivity index is 1.93. The van der Waals surface area contributed by atoms with E-state index in [2.05, 4.69) is 15.6 Å². The lowest BCUT2D eigenvalue weighted by Gasteiger charge is -2.14. The van der Waals surface area contributed by atoms with E-state index >= 15 is 0 Å². The van der Waals surface area contributed by atoms with Crippen LogP contribution >= 0.6 is 11.3 Å². The van der Waals surface area contributed by atoms with Crippen molar-refractivity contribution in [2.45, 2.75) is 19.4 Å². The highest BCUT2D eigenvalue weighted by Crippen LogP contribution is 2.29. The first-order valence-corrected chi connectivity index (χ1v) is 9.21. The van der Waals surface area contributed by atoms with E-state index in [1.807, 2.05) is 37.3 Å². The molecule has 1 heterocycles. The maximum atomic E-state index is 11.6. The number of thiophene rings is 1. The number of aliphatic hydroxyl groups excluding tert-OH is 1. The molecule has 0 bridgehead atoms. The van der Waals surface area contributed by atoms with Crippen LogP contribution in [0.2, 0.25) is 0 Å². The minimum absolute atomic E-state index is 0.0636. The number of amides is 1. The van der Waals surface area contributed by atoms with Crippen LogP contribution < -0.4 is 10.6 Å². The van der Waals surface area contributed by atoms with Crippen LogP contribution in [0.4, 0.5) is 0 Å². The van der Waals surface area contributed by atoms with E-state index in [-0.39, 0.29) is 12.5 Å². The lowest BCUT2D eigenvalue weighted by molar-refractivity contribution is -0.128. The Kier molecular flexibility index (Phi) is 7.21. The summed E-state index contributed by atoms with van der Waals surface area (Å²) in [4.78, 5) is 18.5. The summed E-state index contributed by atoms with van der Waals surface area (Å²) < 4.78 is 1.16. The number of hydrogen-bond acceptors (Lipinski definition) is 4. The van der Waals surface area contributed by atoms with Crippen molar-refractivity contribution in [3.8, 4) is 0 Å². The van der Waals surface area contributed by atoms with Crippen molar-refractivity contribution in [2.75, 3.05) is 33.7 Å². The van der Waals surface area contributed by atoms with Gasteiger partial charge in [0.15, 0.2) is 5.96 Å². The molecule has 1 atom stereocenters. The number of fused-ring (bicyclic) bond motifs is 1. The highest BCUT2D eigenvalue weighted by atomic mass is 32.1. The average molecular weight is 362 g/mol. The van der Waals surface area contributed by atoms with Gasteiger partial charge in [-0.15, -0.1) is 11.3 Å². The molecule has 0 aliphatic heterocycles. The molecule has 0 saturated heterocycles. The van der Waals surface area contributed by atoms with Crippen LogP contribution in [0.15, 0.2) is 35.3 Å². The molecule has 0 saturated carbocycles. The zero-order chi connectivity index (χ0) is 18.2. The van der Waals surface area contributed by atoms with Crippen LogP contribution in [-0.2, 0) is 4.79 Å². The Morgan fingerprint density at radius 1 is 1.32 bits per heavy atom. The first-order chi connectivity index (χ1) is 12.0. The van der Waals surface area contributed by atoms with Gasteiger partial charge in [-0.05, 0) is 24.4 Å². The van der Waals surface area contributed by atoms with E-state index in [9.17, 15) is 9.90 Å². The fraction of sp³-hybridized carbons (Fsp3) is 0.444. The van der Waals surface area contributed by atoms with Crippen molar-refractivity contribution in [3.05, 3.63) is 35.2 Å². The molecular formula is C18H26N4O2S. The summed E-state index contributed by atoms with van der Waals surface area (Å²) in [6, 6.07) is 10.1. The second kappa shape index (κ2) is 9.39. The number of rotatable bonds is 7. The molecule has 25 heavy (non-hydrogen) atoms. The first-order valence-electron chi connectivity index (χ1n) is 8.40. The SMILES string of the molecule is CCNC(=NCC(O)c1cc2ccccc2s1)NCCC(=O)N(C)C. The molecule has 6 nitrogen and oxygen atoms in total. The minimum Gasteiger partial charge on any atom is -0.386 e. The van der Waals surface area contributed by atoms with Gasteiger partial charge >= 0.3 is 0 Å². The molecule has 2 rings (SSSR count). The Morgan fingerprint density at radius 2 is 2.08 bits per heavy atom. The van der Waals surface area contributed by atoms with Crippen LogP contribution in [0.1, 0.15) is 24.3 Å². The number of carbonyl (C=O) groups is 1. The van der Waals surface area contributed by atoms with Gasteiger partial charge < -0.3 is 20.6 Å². The van der Waals surface area contributed by atoms with E-state index in [0.29, 0.717) is 25.5 Å². The molecule has 7 heteroatoms. The monoisotopic (exact) mass is 362 g/mol. The number of benzene rings is 1. The molecule has 1 amide bonds. The Bertz CT molecular complexity index is 694. The molecule has 0 aliphatic carbocycles. The van der Waals surface area contributed by atoms with E-state index < -0.39 is 6.10 Å². The third kappa shape index (κ3) is 5.72. The Morgan fingerprint density at radius 3 is 2.76 bits per heavy atom. The number of hydrogen-bond donors (Lipinski definition) is 3. The summed E-state index contributed by atoms with van der Waals surface area (Å²) in [5.41, 5.74) is 0. The molecule has 3 N–H and O–H groups in total. The molecule has 0 aliphatic rings. The quantitative estimate of drug-likeness (QED) is 0.520. The fourth-order valence-corrected chi connectivity index (χ4v) is 3.33. The molecule has 136 valence electrons. The third-order valence-electron chi connectivity index (χ3n) is 3.67. The summed E-state index contributed by atoms with van der Waals surface area (Å²) in [6.07, 6.45) is -0.243. The highest BCUT2D eigenvalue weighted by Gasteiger charge is 2.11. The maximum Gasteiger partial charge on any atom is 0.223 e. The number of nitrogens with zero attached hydrogens (tertiary/aromatic N) is 2. The molecule has 0 spiro atoms. The van der Waals surface area contributed by atoms with Crippen LogP contribution in [0.5, 0.6) is 0 Å². The summed E-state index contributed by atoms with van der Waals surface area (Å²) >= 11 is 1.59. The van der Waals surface area contributed by atoms with Gasteiger partial charge in [0.05, 0.1) is 6.54 Å². The number of guanidine groups is 1. The molecular weight excluding hydrogens is 336 g/mol. The van der Waals surface area contributed by atoms with E-state index in [0.717, 1.165) is 15.0 Å². The van der Waals surface area contributed by atoms with Gasteiger partial charge in [-0.3, -0.25) is 9.79 Å². The fourth-order valence-electron chi connectivity index (χ4n) is 2.29. The molecule has 0 fully saturated rings. The molecule has 1 unspecified atom stereocenters. The predicted molar refractivity (Wildman–Crippen MR) is 104 cm³/mol. The standard InChI is InChI=1S/C18H26N4O2S/c1-4-19-18(20-10-9-17(24)22(2)3)21-12-14(23)16-11-13-7-5-6-8-15(13)25-16/h5-8,11,14,23H,4,9-10,12H2,1-3H3,(H2,19,20,21). The van der Waals surface area contributed by atoms with Crippen LogP contribution in [0, 0.1) is 0 Å². The van der Waals surface area contributed by atoms with Gasteiger partial charge in [0.1, 0.15) is 6.10 Å². The number of aliphatic imine (C=N–C) groups is 1. The highest BCUT2D eigenvalue weighted by molar-refractivity contribution is 7.19. The van der Waals surface area contributed by atoms with Gasteiger partial charge in [0.2, 0.25) is 5.91 Å². The predicted octanol–water partition coefficient (Wildman–Crippen LogP) is 1.97. The van der Waals surface area contributed by atoms with Crippen molar-refractivity contribution in [1.82, 2.24) is 15.5 Å². The van der Waals surface area contributed by atoms with Gasteiger partial charge in [0.25, 0.3) is 0 Å². The second-order valence-corrected chi connectivity index (χ2v) is 7.00. The van der Waals surface area contributed by atoms with E-state index in [1.165, 1.54) is 0 Å². The molecule has 1 aromatic heterocycles. The summed E-state index contributed by atoms with van der Waals surface area (Å²) in [5, 5.41) is 17.8. The van der Waals surface area contributed by atoms with Crippen molar-refractivity contribution in [3.63, 3.8) is 0 Å². The maximum absolute atomic E-state index is 11.6. The Hall–Kier alpha value is -2.12. The molecule has 0 radical (unpaired) electrons. The van der Waals surface area contributed by atoms with Crippen LogP contribution in [-0.4, -0.2) is 55.6 Å². The summed E-state index contributed by atoms with van der Waals surface area (Å²) in [7, 11) is 3.48. The minimum atomic E-state index is -0.642. The summed E-state index contributed by atoms with van der Waals surface area (Å²) in [5.74, 6) is 0.669. The third-order valence-corrected chi connectivity index (χ3v) is 4.89. The van der Waals surface area contributed by atoms with Crippen molar-refractivity contribution >= 4 is 33.3 Å². The van der Waals surface area contributed by atoms with Crippen LogP contribution in [0.25, 0.3) is 10.1 Å².